The number of hydrogen-bond acceptors (Lipinski definition) is 0. The fourth-order valence-electron chi connectivity index (χ4n) is 2.51. The van der Waals surface area contributed by atoms with Crippen LogP contribution in [0.2, 0.25) is 13.1 Å². The SMILES string of the molecule is C[Si](C)=[Zr+2].[C-]1=CCCC1.[Cl-].[Cl-].[c-]1cccc2c1Cc1ccccc1-2. The number of hydrogen-bond donors (Lipinski definition) is 0. The number of fused-ring (bicyclic) bond motifs is 3. The molecule has 0 radical (unpaired) electrons. The molecule has 0 atom stereocenters. The molecule has 0 aromatic heterocycles. The fraction of sp³-hybridized carbons (Fsp3) is 0.300. The van der Waals surface area contributed by atoms with Gasteiger partial charge in [0.1, 0.15) is 0 Å². The van der Waals surface area contributed by atoms with Crippen LogP contribution < -0.4 is 24.8 Å². The van der Waals surface area contributed by atoms with E-state index < -0.39 is 0 Å². The summed E-state index contributed by atoms with van der Waals surface area (Å²) < 4.78 is 0. The molecule has 0 spiro atoms. The summed E-state index contributed by atoms with van der Waals surface area (Å²) >= 11 is 1.74. The first-order valence-electron chi connectivity index (χ1n) is 7.83. The van der Waals surface area contributed by atoms with Crippen molar-refractivity contribution in [1.82, 2.24) is 0 Å². The van der Waals surface area contributed by atoms with Crippen LogP contribution in [0.15, 0.2) is 48.5 Å². The van der Waals surface area contributed by atoms with Gasteiger partial charge in [-0.05, 0) is 6.42 Å². The average Bonchev–Trinajstić information content (AvgIpc) is 3.18. The van der Waals surface area contributed by atoms with Crippen LogP contribution in [0.5, 0.6) is 0 Å². The maximum Gasteiger partial charge on any atom is -0.0253 e. The minimum absolute atomic E-state index is 0. The molecule has 4 heteroatoms. The van der Waals surface area contributed by atoms with Crippen LogP contribution in [0.25, 0.3) is 11.1 Å². The Morgan fingerprint density at radius 1 is 1.00 bits per heavy atom. The van der Waals surface area contributed by atoms with E-state index in [4.69, 9.17) is 0 Å². The first-order valence-corrected chi connectivity index (χ1v) is 14.0. The summed E-state index contributed by atoms with van der Waals surface area (Å²) in [5.41, 5.74) is 5.72. The fourth-order valence-corrected chi connectivity index (χ4v) is 2.51. The normalized spacial score (nSPS) is 12.2. The number of rotatable bonds is 0. The van der Waals surface area contributed by atoms with E-state index in [2.05, 4.69) is 67.7 Å². The van der Waals surface area contributed by atoms with Crippen molar-refractivity contribution in [3.05, 3.63) is 71.8 Å². The number of benzene rings is 2. The van der Waals surface area contributed by atoms with Crippen LogP contribution in [0, 0.1) is 12.1 Å². The molecule has 2 aromatic carbocycles. The van der Waals surface area contributed by atoms with Gasteiger partial charge in [0.2, 0.25) is 0 Å². The van der Waals surface area contributed by atoms with Crippen molar-refractivity contribution in [2.24, 2.45) is 0 Å². The van der Waals surface area contributed by atoms with Gasteiger partial charge in [0.05, 0.1) is 0 Å². The third kappa shape index (κ3) is 7.83. The Morgan fingerprint density at radius 2 is 1.67 bits per heavy atom. The van der Waals surface area contributed by atoms with E-state index in [9.17, 15) is 0 Å². The smallest absolute Gasteiger partial charge is 0.0253 e. The van der Waals surface area contributed by atoms with Crippen molar-refractivity contribution in [2.45, 2.75) is 38.8 Å². The molecule has 0 bridgehead atoms. The van der Waals surface area contributed by atoms with Crippen LogP contribution in [0.1, 0.15) is 30.4 Å². The van der Waals surface area contributed by atoms with E-state index in [0.717, 1.165) is 6.42 Å². The summed E-state index contributed by atoms with van der Waals surface area (Å²) in [7, 11) is 0. The van der Waals surface area contributed by atoms with E-state index >= 15 is 0 Å². The van der Waals surface area contributed by atoms with Gasteiger partial charge < -0.3 is 30.9 Å². The maximum absolute atomic E-state index is 3.30. The molecule has 126 valence electrons. The van der Waals surface area contributed by atoms with Crippen molar-refractivity contribution in [2.75, 3.05) is 0 Å². The minimum Gasteiger partial charge on any atom is -1.00 e. The summed E-state index contributed by atoms with van der Waals surface area (Å²) in [6.45, 7) is 4.62. The average molecular weight is 453 g/mol. The third-order valence-electron chi connectivity index (χ3n) is 3.43. The molecule has 0 nitrogen and oxygen atoms in total. The van der Waals surface area contributed by atoms with Gasteiger partial charge in [-0.15, -0.1) is 5.56 Å². The van der Waals surface area contributed by atoms with E-state index in [-0.39, 0.29) is 30.2 Å². The van der Waals surface area contributed by atoms with Gasteiger partial charge in [-0.25, -0.2) is 0 Å². The molecule has 0 heterocycles. The molecular formula is C20H22Cl2SiZr-2. The summed E-state index contributed by atoms with van der Waals surface area (Å²) in [6, 6.07) is 18.1. The summed E-state index contributed by atoms with van der Waals surface area (Å²) in [4.78, 5) is 0. The molecular weight excluding hydrogens is 430 g/mol. The van der Waals surface area contributed by atoms with Gasteiger partial charge in [-0.2, -0.15) is 36.2 Å². The van der Waals surface area contributed by atoms with Gasteiger partial charge in [-0.1, -0.05) is 48.2 Å². The maximum atomic E-state index is 3.30. The van der Waals surface area contributed by atoms with Crippen molar-refractivity contribution >= 4 is 5.43 Å². The monoisotopic (exact) mass is 450 g/mol. The van der Waals surface area contributed by atoms with Crippen LogP contribution >= 0.6 is 0 Å². The molecule has 24 heavy (non-hydrogen) atoms. The van der Waals surface area contributed by atoms with Crippen molar-refractivity contribution in [3.63, 3.8) is 0 Å². The minimum atomic E-state index is 0. The van der Waals surface area contributed by atoms with E-state index in [1.807, 2.05) is 6.07 Å². The predicted molar refractivity (Wildman–Crippen MR) is 92.7 cm³/mol. The molecule has 0 saturated heterocycles. The molecule has 4 rings (SSSR count). The van der Waals surface area contributed by atoms with Gasteiger partial charge >= 0.3 is 41.9 Å². The predicted octanol–water partition coefficient (Wildman–Crippen LogP) is -0.620. The van der Waals surface area contributed by atoms with Gasteiger partial charge in [0, 0.05) is 0 Å². The summed E-state index contributed by atoms with van der Waals surface area (Å²) in [5.74, 6) is 0. The van der Waals surface area contributed by atoms with E-state index in [0.29, 0.717) is 0 Å². The summed E-state index contributed by atoms with van der Waals surface area (Å²) in [5, 5.41) is 0. The molecule has 2 aliphatic carbocycles. The number of halogens is 2. The van der Waals surface area contributed by atoms with Crippen molar-refractivity contribution in [3.8, 4) is 11.1 Å². The second kappa shape index (κ2) is 13.1. The molecule has 0 aliphatic heterocycles. The first-order chi connectivity index (χ1) is 10.7. The van der Waals surface area contributed by atoms with Crippen molar-refractivity contribution in [1.29, 1.82) is 0 Å². The molecule has 2 aliphatic rings. The molecule has 0 saturated carbocycles. The quantitative estimate of drug-likeness (QED) is 0.315. The Morgan fingerprint density at radius 3 is 2.25 bits per heavy atom. The van der Waals surface area contributed by atoms with Crippen LogP contribution in [0.3, 0.4) is 0 Å². The molecule has 0 fully saturated rings. The largest absolute Gasteiger partial charge is 1.00 e. The second-order valence-electron chi connectivity index (χ2n) is 5.70. The molecule has 0 amide bonds. The second-order valence-corrected chi connectivity index (χ2v) is 15.1. The Hall–Kier alpha value is -0.140. The molecule has 0 unspecified atom stereocenters. The van der Waals surface area contributed by atoms with Crippen LogP contribution in [0.4, 0.5) is 0 Å². The Kier molecular flexibility index (Phi) is 13.0. The first kappa shape index (κ1) is 23.9. The van der Waals surface area contributed by atoms with Gasteiger partial charge in [-0.3, -0.25) is 6.08 Å². The molecule has 2 aromatic rings. The Balaban J connectivity index is 0.000000409. The molecule has 0 N–H and O–H groups in total. The topological polar surface area (TPSA) is 0 Å². The standard InChI is InChI=1S/C13H9.C5H7.C2H6Si.2ClH.Zr/c1-3-7-12-10(5-1)9-11-6-2-4-8-13(11)12;1-2-4-5-3-1;1-3-2;;;/h1-5,7-8H,9H2;1H,2,4-5H2;1-2H3;2*1H;/q2*-1;;;;+2/p-2. The van der Waals surface area contributed by atoms with Gasteiger partial charge in [0.15, 0.2) is 0 Å². The zero-order valence-corrected chi connectivity index (χ0v) is 19.2. The Labute approximate surface area is 174 Å². The van der Waals surface area contributed by atoms with E-state index in [1.165, 1.54) is 41.5 Å². The zero-order chi connectivity index (χ0) is 15.8. The Bertz CT molecular complexity index is 615. The zero-order valence-electron chi connectivity index (χ0n) is 14.2. The summed E-state index contributed by atoms with van der Waals surface area (Å²) in [6.07, 6.45) is 10.0. The van der Waals surface area contributed by atoms with E-state index in [1.54, 1.807) is 23.3 Å². The number of allylic oxidation sites excluding steroid dienone is 2. The van der Waals surface area contributed by atoms with Crippen LogP contribution in [-0.4, -0.2) is 5.43 Å². The third-order valence-corrected chi connectivity index (χ3v) is 3.43. The van der Waals surface area contributed by atoms with Crippen LogP contribution in [-0.2, 0) is 29.8 Å². The van der Waals surface area contributed by atoms with Gasteiger partial charge in [0.25, 0.3) is 0 Å². The van der Waals surface area contributed by atoms with Crippen molar-refractivity contribution < 1.29 is 48.1 Å².